The fourth-order valence-electron chi connectivity index (χ4n) is 3.29. The summed E-state index contributed by atoms with van der Waals surface area (Å²) in [6, 6.07) is 8.36. The molecule has 4 nitrogen and oxygen atoms in total. The molecule has 0 atom stereocenters. The molecular weight excluding hydrogens is 252 g/mol. The highest BCUT2D eigenvalue weighted by molar-refractivity contribution is 5.80. The minimum absolute atomic E-state index is 0.0357. The van der Waals surface area contributed by atoms with Crippen LogP contribution < -0.4 is 5.73 Å². The maximum absolute atomic E-state index is 12.6. The molecule has 1 aromatic rings. The summed E-state index contributed by atoms with van der Waals surface area (Å²) in [5, 5.41) is 0. The first-order valence-electron chi connectivity index (χ1n) is 7.29. The molecule has 1 saturated carbocycles. The summed E-state index contributed by atoms with van der Waals surface area (Å²) in [4.78, 5) is 25.7. The summed E-state index contributed by atoms with van der Waals surface area (Å²) in [7, 11) is 0. The summed E-state index contributed by atoms with van der Waals surface area (Å²) >= 11 is 0. The van der Waals surface area contributed by atoms with Crippen LogP contribution in [0.25, 0.3) is 0 Å². The van der Waals surface area contributed by atoms with Gasteiger partial charge >= 0.3 is 0 Å². The number of nitrogens with two attached hydrogens (primary N) is 1. The second kappa shape index (κ2) is 5.27. The van der Waals surface area contributed by atoms with E-state index in [0.717, 1.165) is 25.7 Å². The monoisotopic (exact) mass is 272 g/mol. The summed E-state index contributed by atoms with van der Waals surface area (Å²) in [6.45, 7) is 1.40. The van der Waals surface area contributed by atoms with Crippen molar-refractivity contribution >= 4 is 11.8 Å². The van der Waals surface area contributed by atoms with Crippen LogP contribution in [0.3, 0.4) is 0 Å². The van der Waals surface area contributed by atoms with Crippen LogP contribution in [0.1, 0.15) is 36.8 Å². The van der Waals surface area contributed by atoms with Crippen LogP contribution in [0.4, 0.5) is 0 Å². The summed E-state index contributed by atoms with van der Waals surface area (Å²) in [6.07, 6.45) is 3.08. The molecule has 2 amide bonds. The number of nitrogens with zero attached hydrogens (tertiary/aromatic N) is 1. The molecular formula is C16H20N2O2. The molecule has 2 aliphatic heterocycles. The van der Waals surface area contributed by atoms with Crippen molar-refractivity contribution in [1.82, 2.24) is 4.90 Å². The molecule has 2 N–H and O–H groups in total. The fraction of sp³-hybridized carbons (Fsp3) is 0.500. The minimum atomic E-state index is -0.219. The Kier molecular flexibility index (Phi) is 3.47. The van der Waals surface area contributed by atoms with Crippen LogP contribution in [0.5, 0.6) is 0 Å². The topological polar surface area (TPSA) is 63.4 Å². The maximum Gasteiger partial charge on any atom is 0.226 e. The number of primary amides is 1. The number of rotatable bonds is 2. The predicted molar refractivity (Wildman–Crippen MR) is 75.3 cm³/mol. The lowest BCUT2D eigenvalue weighted by Gasteiger charge is -2.30. The predicted octanol–water partition coefficient (Wildman–Crippen LogP) is 1.82. The molecule has 2 heterocycles. The van der Waals surface area contributed by atoms with E-state index in [1.807, 2.05) is 4.90 Å². The zero-order chi connectivity index (χ0) is 14.1. The van der Waals surface area contributed by atoms with Crippen molar-refractivity contribution in [1.29, 1.82) is 0 Å². The van der Waals surface area contributed by atoms with Gasteiger partial charge in [0.2, 0.25) is 11.8 Å². The average molecular weight is 272 g/mol. The molecule has 1 aromatic carbocycles. The Morgan fingerprint density at radius 1 is 0.900 bits per heavy atom. The molecule has 4 heteroatoms. The van der Waals surface area contributed by atoms with E-state index in [2.05, 4.69) is 24.3 Å². The Morgan fingerprint density at radius 3 is 1.80 bits per heavy atom. The molecule has 0 spiro atoms. The van der Waals surface area contributed by atoms with E-state index >= 15 is 0 Å². The molecule has 0 aromatic heterocycles. The van der Waals surface area contributed by atoms with Gasteiger partial charge in [-0.2, -0.15) is 0 Å². The van der Waals surface area contributed by atoms with Gasteiger partial charge in [-0.05, 0) is 36.8 Å². The van der Waals surface area contributed by atoms with E-state index in [9.17, 15) is 9.59 Å². The number of benzene rings is 1. The lowest BCUT2D eigenvalue weighted by molar-refractivity contribution is -0.139. The minimum Gasteiger partial charge on any atom is -0.369 e. The number of hydrogen-bond acceptors (Lipinski definition) is 2. The summed E-state index contributed by atoms with van der Waals surface area (Å²) in [5.41, 5.74) is 7.71. The van der Waals surface area contributed by atoms with Gasteiger partial charge in [0.25, 0.3) is 0 Å². The fourth-order valence-corrected chi connectivity index (χ4v) is 3.29. The Bertz CT molecular complexity index is 491. The van der Waals surface area contributed by atoms with Crippen LogP contribution >= 0.6 is 0 Å². The van der Waals surface area contributed by atoms with E-state index in [4.69, 9.17) is 5.73 Å². The van der Waals surface area contributed by atoms with Gasteiger partial charge in [-0.3, -0.25) is 9.59 Å². The number of carbonyl (C=O) groups is 2. The number of carbonyl (C=O) groups excluding carboxylic acids is 2. The van der Waals surface area contributed by atoms with Crippen LogP contribution in [-0.4, -0.2) is 16.7 Å². The van der Waals surface area contributed by atoms with Gasteiger partial charge in [0, 0.05) is 24.9 Å². The SMILES string of the molecule is NC(=O)C1CCC(C(=O)N2Cc3ccc(cc3)C2)CC1. The van der Waals surface area contributed by atoms with Crippen molar-refractivity contribution in [3.63, 3.8) is 0 Å². The number of hydrogen-bond donors (Lipinski definition) is 1. The summed E-state index contributed by atoms with van der Waals surface area (Å²) in [5.74, 6) is 0.0364. The van der Waals surface area contributed by atoms with E-state index in [1.165, 1.54) is 11.1 Å². The van der Waals surface area contributed by atoms with Crippen LogP contribution in [-0.2, 0) is 22.7 Å². The standard InChI is InChI=1S/C16H20N2O2/c17-15(19)13-5-7-14(8-6-13)16(20)18-9-11-1-2-12(10-18)4-3-11/h1-4,13-14H,5-10H2,(H2,17,19). The van der Waals surface area contributed by atoms with Crippen LogP contribution in [0.15, 0.2) is 24.3 Å². The third-order valence-corrected chi connectivity index (χ3v) is 4.56. The largest absolute Gasteiger partial charge is 0.369 e. The van der Waals surface area contributed by atoms with Gasteiger partial charge in [-0.15, -0.1) is 0 Å². The summed E-state index contributed by atoms with van der Waals surface area (Å²) < 4.78 is 0. The Labute approximate surface area is 118 Å². The van der Waals surface area contributed by atoms with Gasteiger partial charge < -0.3 is 10.6 Å². The zero-order valence-electron chi connectivity index (χ0n) is 11.5. The van der Waals surface area contributed by atoms with E-state index in [-0.39, 0.29) is 23.7 Å². The highest BCUT2D eigenvalue weighted by atomic mass is 16.2. The third kappa shape index (κ3) is 2.55. The highest BCUT2D eigenvalue weighted by Crippen LogP contribution is 2.31. The van der Waals surface area contributed by atoms with Crippen molar-refractivity contribution in [2.45, 2.75) is 38.8 Å². The molecule has 3 aliphatic rings. The van der Waals surface area contributed by atoms with E-state index in [1.54, 1.807) is 0 Å². The first-order valence-corrected chi connectivity index (χ1v) is 7.29. The second-order valence-electron chi connectivity index (χ2n) is 5.96. The van der Waals surface area contributed by atoms with Crippen molar-refractivity contribution in [3.05, 3.63) is 35.4 Å². The molecule has 106 valence electrons. The van der Waals surface area contributed by atoms with E-state index < -0.39 is 0 Å². The van der Waals surface area contributed by atoms with Gasteiger partial charge in [0.05, 0.1) is 0 Å². The third-order valence-electron chi connectivity index (χ3n) is 4.56. The van der Waals surface area contributed by atoms with Gasteiger partial charge in [0.1, 0.15) is 0 Å². The highest BCUT2D eigenvalue weighted by Gasteiger charge is 2.31. The normalized spacial score (nSPS) is 25.3. The van der Waals surface area contributed by atoms with Crippen LogP contribution in [0, 0.1) is 11.8 Å². The number of fused-ring (bicyclic) bond motifs is 4. The van der Waals surface area contributed by atoms with Gasteiger partial charge in [-0.1, -0.05) is 24.3 Å². The molecule has 2 bridgehead atoms. The van der Waals surface area contributed by atoms with Crippen LogP contribution in [0.2, 0.25) is 0 Å². The average Bonchev–Trinajstić information content (AvgIpc) is 2.80. The lowest BCUT2D eigenvalue weighted by atomic mass is 9.81. The molecule has 0 saturated heterocycles. The molecule has 0 radical (unpaired) electrons. The van der Waals surface area contributed by atoms with Crippen molar-refractivity contribution in [3.8, 4) is 0 Å². The molecule has 1 aliphatic carbocycles. The van der Waals surface area contributed by atoms with Crippen molar-refractivity contribution in [2.75, 3.05) is 0 Å². The van der Waals surface area contributed by atoms with Crippen molar-refractivity contribution < 1.29 is 9.59 Å². The second-order valence-corrected chi connectivity index (χ2v) is 5.96. The Hall–Kier alpha value is -1.84. The first-order chi connectivity index (χ1) is 9.63. The zero-order valence-corrected chi connectivity index (χ0v) is 11.5. The smallest absolute Gasteiger partial charge is 0.226 e. The van der Waals surface area contributed by atoms with Gasteiger partial charge in [0.15, 0.2) is 0 Å². The number of amides is 2. The quantitative estimate of drug-likeness (QED) is 0.892. The molecule has 20 heavy (non-hydrogen) atoms. The molecule has 1 fully saturated rings. The molecule has 4 rings (SSSR count). The first kappa shape index (κ1) is 13.2. The van der Waals surface area contributed by atoms with E-state index in [0.29, 0.717) is 13.1 Å². The van der Waals surface area contributed by atoms with Gasteiger partial charge in [-0.25, -0.2) is 0 Å². The Morgan fingerprint density at radius 2 is 1.35 bits per heavy atom. The maximum atomic E-state index is 12.6. The Balaban J connectivity index is 1.63. The molecule has 0 unspecified atom stereocenters. The lowest BCUT2D eigenvalue weighted by Crippen LogP contribution is -2.37. The van der Waals surface area contributed by atoms with Crippen molar-refractivity contribution in [2.24, 2.45) is 17.6 Å².